The van der Waals surface area contributed by atoms with Crippen molar-refractivity contribution in [3.8, 4) is 11.5 Å². The average Bonchev–Trinajstić information content (AvgIpc) is 3.01. The molecule has 8 heteroatoms. The molecule has 0 saturated heterocycles. The molecule has 1 N–H and O–H groups in total. The molecule has 2 heterocycles. The predicted octanol–water partition coefficient (Wildman–Crippen LogP) is 2.19. The lowest BCUT2D eigenvalue weighted by atomic mass is 10.1. The third-order valence-electron chi connectivity index (χ3n) is 4.27. The first-order valence-corrected chi connectivity index (χ1v) is 8.67. The van der Waals surface area contributed by atoms with Gasteiger partial charge in [0.25, 0.3) is 0 Å². The van der Waals surface area contributed by atoms with Gasteiger partial charge in [-0.15, -0.1) is 0 Å². The third-order valence-corrected chi connectivity index (χ3v) is 4.27. The smallest absolute Gasteiger partial charge is 0.318 e. The van der Waals surface area contributed by atoms with E-state index < -0.39 is 5.60 Å². The fraction of sp³-hybridized carbons (Fsp3) is 0.500. The van der Waals surface area contributed by atoms with Crippen LogP contribution in [0, 0.1) is 0 Å². The molecule has 140 valence electrons. The molecule has 1 aromatic carbocycles. The maximum absolute atomic E-state index is 12.7. The van der Waals surface area contributed by atoms with Crippen molar-refractivity contribution in [1.82, 2.24) is 25.0 Å². The molecule has 2 amide bonds. The monoisotopic (exact) mass is 359 g/mol. The first-order chi connectivity index (χ1) is 12.4. The lowest BCUT2D eigenvalue weighted by Crippen LogP contribution is -2.47. The quantitative estimate of drug-likeness (QED) is 0.905. The molecule has 0 atom stereocenters. The molecule has 2 aromatic rings. The summed E-state index contributed by atoms with van der Waals surface area (Å²) in [5.74, 6) is 2.21. The lowest BCUT2D eigenvalue weighted by Gasteiger charge is -2.29. The van der Waals surface area contributed by atoms with Gasteiger partial charge >= 0.3 is 6.03 Å². The number of aromatic nitrogens is 3. The maximum atomic E-state index is 12.7. The van der Waals surface area contributed by atoms with E-state index in [0.29, 0.717) is 26.2 Å². The number of nitrogens with zero attached hydrogens (tertiary/aromatic N) is 4. The zero-order valence-electron chi connectivity index (χ0n) is 15.7. The van der Waals surface area contributed by atoms with Crippen molar-refractivity contribution in [3.63, 3.8) is 0 Å². The maximum Gasteiger partial charge on any atom is 0.318 e. The first kappa shape index (κ1) is 18.0. The van der Waals surface area contributed by atoms with Gasteiger partial charge in [-0.3, -0.25) is 0 Å². The van der Waals surface area contributed by atoms with E-state index in [-0.39, 0.29) is 6.03 Å². The van der Waals surface area contributed by atoms with Gasteiger partial charge in [-0.1, -0.05) is 0 Å². The number of benzene rings is 1. The fourth-order valence-electron chi connectivity index (χ4n) is 3.04. The van der Waals surface area contributed by atoms with Crippen LogP contribution in [0.3, 0.4) is 0 Å². The Morgan fingerprint density at radius 3 is 2.96 bits per heavy atom. The van der Waals surface area contributed by atoms with Crippen LogP contribution < -0.4 is 14.8 Å². The average molecular weight is 359 g/mol. The number of hydrogen-bond donors (Lipinski definition) is 1. The summed E-state index contributed by atoms with van der Waals surface area (Å²) in [7, 11) is 1.62. The highest BCUT2D eigenvalue weighted by Gasteiger charge is 2.31. The Bertz CT molecular complexity index is 787. The summed E-state index contributed by atoms with van der Waals surface area (Å²) in [4.78, 5) is 18.7. The van der Waals surface area contributed by atoms with Gasteiger partial charge in [-0.25, -0.2) is 14.5 Å². The van der Waals surface area contributed by atoms with Crippen LogP contribution in [0.5, 0.6) is 11.5 Å². The molecule has 26 heavy (non-hydrogen) atoms. The predicted molar refractivity (Wildman–Crippen MR) is 96.0 cm³/mol. The lowest BCUT2D eigenvalue weighted by molar-refractivity contribution is 0.0804. The standard InChI is InChI=1S/C18H25N5O3/c1-5-23-16(20-12-21-23)9-19-17(24)22-10-13-6-7-14(25-4)8-15(13)26-18(2,3)11-22/h6-8,12H,5,9-11H2,1-4H3,(H,19,24). The van der Waals surface area contributed by atoms with Crippen LogP contribution in [0.1, 0.15) is 32.2 Å². The Hall–Kier alpha value is -2.77. The second kappa shape index (κ2) is 7.23. The van der Waals surface area contributed by atoms with Gasteiger partial charge in [0.05, 0.1) is 26.7 Å². The minimum absolute atomic E-state index is 0.156. The molecule has 1 aliphatic rings. The van der Waals surface area contributed by atoms with Crippen molar-refractivity contribution in [3.05, 3.63) is 35.9 Å². The number of fused-ring (bicyclic) bond motifs is 1. The van der Waals surface area contributed by atoms with Gasteiger partial charge in [-0.05, 0) is 32.9 Å². The molecule has 0 aliphatic carbocycles. The van der Waals surface area contributed by atoms with Gasteiger partial charge in [0.1, 0.15) is 29.3 Å². The van der Waals surface area contributed by atoms with E-state index in [1.165, 1.54) is 6.33 Å². The van der Waals surface area contributed by atoms with Gasteiger partial charge in [0.2, 0.25) is 0 Å². The van der Waals surface area contributed by atoms with E-state index >= 15 is 0 Å². The number of hydrogen-bond acceptors (Lipinski definition) is 5. The van der Waals surface area contributed by atoms with E-state index in [9.17, 15) is 4.79 Å². The number of methoxy groups -OCH3 is 1. The molecule has 1 aromatic heterocycles. The Balaban J connectivity index is 1.75. The Morgan fingerprint density at radius 1 is 1.42 bits per heavy atom. The Kier molecular flexibility index (Phi) is 5.01. The summed E-state index contributed by atoms with van der Waals surface area (Å²) in [5.41, 5.74) is 0.432. The molecule has 0 unspecified atom stereocenters. The number of carbonyl (C=O) groups is 1. The number of nitrogens with one attached hydrogen (secondary N) is 1. The summed E-state index contributed by atoms with van der Waals surface area (Å²) < 4.78 is 13.2. The normalized spacial score (nSPS) is 15.6. The van der Waals surface area contributed by atoms with E-state index in [1.54, 1.807) is 16.7 Å². The van der Waals surface area contributed by atoms with Crippen molar-refractivity contribution >= 4 is 6.03 Å². The first-order valence-electron chi connectivity index (χ1n) is 8.67. The number of urea groups is 1. The highest BCUT2D eigenvalue weighted by molar-refractivity contribution is 5.74. The number of aryl methyl sites for hydroxylation is 1. The SMILES string of the molecule is CCn1ncnc1CNC(=O)N1Cc2ccc(OC)cc2OC(C)(C)C1. The van der Waals surface area contributed by atoms with E-state index in [0.717, 1.165) is 22.9 Å². The van der Waals surface area contributed by atoms with Crippen LogP contribution >= 0.6 is 0 Å². The fourth-order valence-corrected chi connectivity index (χ4v) is 3.04. The second-order valence-electron chi connectivity index (χ2n) is 6.84. The number of amides is 2. The molecule has 0 radical (unpaired) electrons. The molecule has 0 spiro atoms. The van der Waals surface area contributed by atoms with Crippen LogP contribution in [0.4, 0.5) is 4.79 Å². The van der Waals surface area contributed by atoms with Crippen molar-refractivity contribution in [2.45, 2.75) is 46.0 Å². The summed E-state index contributed by atoms with van der Waals surface area (Å²) in [6.07, 6.45) is 1.50. The van der Waals surface area contributed by atoms with Crippen molar-refractivity contribution in [2.24, 2.45) is 0 Å². The van der Waals surface area contributed by atoms with Crippen LogP contribution in [-0.2, 0) is 19.6 Å². The molecular formula is C18H25N5O3. The number of rotatable bonds is 4. The summed E-state index contributed by atoms with van der Waals surface area (Å²) in [6.45, 7) is 7.90. The van der Waals surface area contributed by atoms with Crippen LogP contribution in [0.25, 0.3) is 0 Å². The second-order valence-corrected chi connectivity index (χ2v) is 6.84. The van der Waals surface area contributed by atoms with E-state index in [1.807, 2.05) is 39.0 Å². The summed E-state index contributed by atoms with van der Waals surface area (Å²) in [5, 5.41) is 7.05. The molecule has 1 aliphatic heterocycles. The van der Waals surface area contributed by atoms with Gasteiger partial charge in [0, 0.05) is 18.2 Å². The van der Waals surface area contributed by atoms with Crippen LogP contribution in [0.15, 0.2) is 24.5 Å². The van der Waals surface area contributed by atoms with E-state index in [4.69, 9.17) is 9.47 Å². The number of carbonyl (C=O) groups excluding carboxylic acids is 1. The van der Waals surface area contributed by atoms with Crippen molar-refractivity contribution in [2.75, 3.05) is 13.7 Å². The highest BCUT2D eigenvalue weighted by Crippen LogP contribution is 2.32. The van der Waals surface area contributed by atoms with Crippen LogP contribution in [-0.4, -0.2) is 45.0 Å². The minimum atomic E-state index is -0.515. The van der Waals surface area contributed by atoms with Gasteiger partial charge in [-0.2, -0.15) is 5.10 Å². The Labute approximate surface area is 153 Å². The molecular weight excluding hydrogens is 334 g/mol. The summed E-state index contributed by atoms with van der Waals surface area (Å²) in [6, 6.07) is 5.52. The van der Waals surface area contributed by atoms with Gasteiger partial charge < -0.3 is 19.7 Å². The zero-order valence-corrected chi connectivity index (χ0v) is 15.7. The zero-order chi connectivity index (χ0) is 18.7. The molecule has 8 nitrogen and oxygen atoms in total. The van der Waals surface area contributed by atoms with E-state index in [2.05, 4.69) is 15.4 Å². The highest BCUT2D eigenvalue weighted by atomic mass is 16.5. The van der Waals surface area contributed by atoms with Gasteiger partial charge in [0.15, 0.2) is 0 Å². The van der Waals surface area contributed by atoms with Crippen molar-refractivity contribution < 1.29 is 14.3 Å². The molecule has 0 saturated carbocycles. The molecule has 3 rings (SSSR count). The number of ether oxygens (including phenoxy) is 2. The molecule has 0 bridgehead atoms. The topological polar surface area (TPSA) is 81.5 Å². The van der Waals surface area contributed by atoms with Crippen LogP contribution in [0.2, 0.25) is 0 Å². The molecule has 0 fully saturated rings. The summed E-state index contributed by atoms with van der Waals surface area (Å²) >= 11 is 0. The minimum Gasteiger partial charge on any atom is -0.497 e. The van der Waals surface area contributed by atoms with Crippen molar-refractivity contribution in [1.29, 1.82) is 0 Å². The Morgan fingerprint density at radius 2 is 2.23 bits per heavy atom. The third kappa shape index (κ3) is 3.89. The largest absolute Gasteiger partial charge is 0.497 e.